The molecule has 1 atom stereocenters. The Morgan fingerprint density at radius 1 is 1.44 bits per heavy atom. The van der Waals surface area contributed by atoms with Crippen LogP contribution in [-0.4, -0.2) is 53.2 Å². The van der Waals surface area contributed by atoms with Gasteiger partial charge >= 0.3 is 0 Å². The minimum Gasteiger partial charge on any atom is -0.379 e. The maximum absolute atomic E-state index is 11.5. The van der Waals surface area contributed by atoms with Gasteiger partial charge in [0, 0.05) is 19.7 Å². The lowest BCUT2D eigenvalue weighted by atomic mass is 10.3. The Hall–Kier alpha value is -0.210. The first-order chi connectivity index (χ1) is 7.64. The highest BCUT2D eigenvalue weighted by Gasteiger charge is 2.22. The number of hydrogen-bond donors (Lipinski definition) is 2. The minimum atomic E-state index is -3.24. The van der Waals surface area contributed by atoms with Gasteiger partial charge in [-0.3, -0.25) is 0 Å². The van der Waals surface area contributed by atoms with Crippen molar-refractivity contribution in [3.05, 3.63) is 0 Å². The zero-order chi connectivity index (χ0) is 11.9. The van der Waals surface area contributed by atoms with Gasteiger partial charge in [-0.05, 0) is 12.8 Å². The summed E-state index contributed by atoms with van der Waals surface area (Å²) in [6.07, 6.45) is 1.62. The van der Waals surface area contributed by atoms with Gasteiger partial charge in [-0.2, -0.15) is 0 Å². The van der Waals surface area contributed by atoms with E-state index in [-0.39, 0.29) is 18.4 Å². The van der Waals surface area contributed by atoms with Crippen LogP contribution in [0.3, 0.4) is 0 Å². The third kappa shape index (κ3) is 5.76. The second kappa shape index (κ2) is 7.18. The molecule has 1 saturated heterocycles. The number of sulfonamides is 1. The van der Waals surface area contributed by atoms with Crippen LogP contribution in [-0.2, 0) is 19.5 Å². The Bertz CT molecular complexity index is 275. The molecule has 1 heterocycles. The fraction of sp³-hybridized carbons (Fsp3) is 1.00. The van der Waals surface area contributed by atoms with Crippen LogP contribution in [0, 0.1) is 0 Å². The molecule has 1 aliphatic rings. The molecule has 1 rings (SSSR count). The van der Waals surface area contributed by atoms with Gasteiger partial charge in [0.05, 0.1) is 25.1 Å². The number of hydrogen-bond acceptors (Lipinski definition) is 5. The first-order valence-electron chi connectivity index (χ1n) is 5.51. The summed E-state index contributed by atoms with van der Waals surface area (Å²) < 4.78 is 35.9. The molecule has 1 aliphatic heterocycles. The van der Waals surface area contributed by atoms with Gasteiger partial charge in [0.25, 0.3) is 0 Å². The van der Waals surface area contributed by atoms with E-state index in [4.69, 9.17) is 15.2 Å². The molecule has 0 aromatic carbocycles. The van der Waals surface area contributed by atoms with Crippen molar-refractivity contribution in [1.82, 2.24) is 4.72 Å². The van der Waals surface area contributed by atoms with E-state index in [1.807, 2.05) is 0 Å². The van der Waals surface area contributed by atoms with Crippen molar-refractivity contribution < 1.29 is 17.9 Å². The van der Waals surface area contributed by atoms with E-state index >= 15 is 0 Å². The lowest BCUT2D eigenvalue weighted by molar-refractivity contribution is 0.127. The Balaban J connectivity index is 2.13. The number of ether oxygens (including phenoxy) is 2. The summed E-state index contributed by atoms with van der Waals surface area (Å²) >= 11 is 0. The summed E-state index contributed by atoms with van der Waals surface area (Å²) in [6.45, 7) is 2.20. The highest BCUT2D eigenvalue weighted by Crippen LogP contribution is 2.13. The van der Waals surface area contributed by atoms with Crippen LogP contribution in [0.2, 0.25) is 0 Å². The predicted molar refractivity (Wildman–Crippen MR) is 60.6 cm³/mol. The van der Waals surface area contributed by atoms with Crippen molar-refractivity contribution >= 4 is 10.0 Å². The highest BCUT2D eigenvalue weighted by atomic mass is 32.2. The van der Waals surface area contributed by atoms with Crippen LogP contribution in [0.15, 0.2) is 0 Å². The van der Waals surface area contributed by atoms with Crippen molar-refractivity contribution in [3.63, 3.8) is 0 Å². The van der Waals surface area contributed by atoms with E-state index in [0.717, 1.165) is 12.8 Å². The minimum absolute atomic E-state index is 0.0455. The average Bonchev–Trinajstić information content (AvgIpc) is 2.69. The molecule has 0 aromatic heterocycles. The molecule has 0 aliphatic carbocycles. The second-order valence-corrected chi connectivity index (χ2v) is 5.56. The fourth-order valence-corrected chi connectivity index (χ4v) is 2.80. The zero-order valence-electron chi connectivity index (χ0n) is 9.35. The van der Waals surface area contributed by atoms with Gasteiger partial charge in [0.2, 0.25) is 10.0 Å². The summed E-state index contributed by atoms with van der Waals surface area (Å²) in [6, 6.07) is 0. The Labute approximate surface area is 96.5 Å². The van der Waals surface area contributed by atoms with Gasteiger partial charge in [-0.15, -0.1) is 0 Å². The van der Waals surface area contributed by atoms with E-state index in [2.05, 4.69) is 4.72 Å². The van der Waals surface area contributed by atoms with Crippen molar-refractivity contribution in [2.24, 2.45) is 5.73 Å². The first kappa shape index (κ1) is 13.9. The standard InChI is InChI=1S/C9H20N2O4S/c10-3-6-14-7-4-11-16(12,13)8-9-2-1-5-15-9/h9,11H,1-8,10H2. The van der Waals surface area contributed by atoms with Gasteiger partial charge in [0.15, 0.2) is 0 Å². The van der Waals surface area contributed by atoms with Crippen molar-refractivity contribution in [2.45, 2.75) is 18.9 Å². The summed E-state index contributed by atoms with van der Waals surface area (Å²) in [5.74, 6) is 0.0455. The maximum atomic E-state index is 11.5. The predicted octanol–water partition coefficient (Wildman–Crippen LogP) is -0.940. The van der Waals surface area contributed by atoms with Gasteiger partial charge in [-0.25, -0.2) is 13.1 Å². The number of nitrogens with one attached hydrogen (secondary N) is 1. The van der Waals surface area contributed by atoms with E-state index in [1.165, 1.54) is 0 Å². The first-order valence-corrected chi connectivity index (χ1v) is 7.16. The van der Waals surface area contributed by atoms with E-state index in [9.17, 15) is 8.42 Å². The zero-order valence-corrected chi connectivity index (χ0v) is 10.2. The van der Waals surface area contributed by atoms with Gasteiger partial charge < -0.3 is 15.2 Å². The molecule has 1 unspecified atom stereocenters. The summed E-state index contributed by atoms with van der Waals surface area (Å²) in [5, 5.41) is 0. The van der Waals surface area contributed by atoms with Crippen LogP contribution in [0.1, 0.15) is 12.8 Å². The van der Waals surface area contributed by atoms with Crippen LogP contribution < -0.4 is 10.5 Å². The lowest BCUT2D eigenvalue weighted by Gasteiger charge is -2.11. The van der Waals surface area contributed by atoms with Gasteiger partial charge in [-0.1, -0.05) is 0 Å². The maximum Gasteiger partial charge on any atom is 0.214 e. The van der Waals surface area contributed by atoms with Crippen LogP contribution in [0.5, 0.6) is 0 Å². The van der Waals surface area contributed by atoms with Crippen LogP contribution >= 0.6 is 0 Å². The summed E-state index contributed by atoms with van der Waals surface area (Å²) in [4.78, 5) is 0. The smallest absolute Gasteiger partial charge is 0.214 e. The molecular formula is C9H20N2O4S. The summed E-state index contributed by atoms with van der Waals surface area (Å²) in [5.41, 5.74) is 5.23. The molecule has 1 fully saturated rings. The largest absolute Gasteiger partial charge is 0.379 e. The Morgan fingerprint density at radius 2 is 2.25 bits per heavy atom. The Morgan fingerprint density at radius 3 is 2.88 bits per heavy atom. The molecule has 0 saturated carbocycles. The number of nitrogens with two attached hydrogens (primary N) is 1. The third-order valence-electron chi connectivity index (χ3n) is 2.26. The molecule has 0 bridgehead atoms. The van der Waals surface area contributed by atoms with E-state index in [0.29, 0.717) is 26.4 Å². The molecule has 96 valence electrons. The van der Waals surface area contributed by atoms with Crippen molar-refractivity contribution in [3.8, 4) is 0 Å². The lowest BCUT2D eigenvalue weighted by Crippen LogP contribution is -2.34. The SMILES string of the molecule is NCCOCCNS(=O)(=O)CC1CCCO1. The molecule has 7 heteroatoms. The topological polar surface area (TPSA) is 90.6 Å². The normalized spacial score (nSPS) is 21.4. The van der Waals surface area contributed by atoms with E-state index < -0.39 is 10.0 Å². The van der Waals surface area contributed by atoms with Crippen LogP contribution in [0.25, 0.3) is 0 Å². The molecule has 0 spiro atoms. The molecule has 0 radical (unpaired) electrons. The summed E-state index contributed by atoms with van der Waals surface area (Å²) in [7, 11) is -3.24. The number of rotatable bonds is 8. The molecule has 0 amide bonds. The van der Waals surface area contributed by atoms with E-state index in [1.54, 1.807) is 0 Å². The highest BCUT2D eigenvalue weighted by molar-refractivity contribution is 7.89. The Kier molecular flexibility index (Phi) is 6.22. The fourth-order valence-electron chi connectivity index (χ4n) is 1.53. The second-order valence-electron chi connectivity index (χ2n) is 3.71. The average molecular weight is 252 g/mol. The quantitative estimate of drug-likeness (QED) is 0.544. The van der Waals surface area contributed by atoms with Gasteiger partial charge in [0.1, 0.15) is 0 Å². The third-order valence-corrected chi connectivity index (χ3v) is 3.71. The molecular weight excluding hydrogens is 232 g/mol. The van der Waals surface area contributed by atoms with Crippen molar-refractivity contribution in [1.29, 1.82) is 0 Å². The molecule has 6 nitrogen and oxygen atoms in total. The van der Waals surface area contributed by atoms with Crippen LogP contribution in [0.4, 0.5) is 0 Å². The molecule has 16 heavy (non-hydrogen) atoms. The monoisotopic (exact) mass is 252 g/mol. The van der Waals surface area contributed by atoms with Crippen molar-refractivity contribution in [2.75, 3.05) is 38.7 Å². The molecule has 3 N–H and O–H groups in total. The molecule has 0 aromatic rings.